The molecule has 1 aliphatic rings. The third-order valence-corrected chi connectivity index (χ3v) is 5.07. The van der Waals surface area contributed by atoms with Crippen LogP contribution in [0.15, 0.2) is 18.3 Å². The minimum absolute atomic E-state index is 0.0632. The highest BCUT2D eigenvalue weighted by Crippen LogP contribution is 2.29. The van der Waals surface area contributed by atoms with Gasteiger partial charge in [0.2, 0.25) is 0 Å². The number of sulfone groups is 1. The molecule has 1 saturated carbocycles. The second kappa shape index (κ2) is 4.82. The normalized spacial score (nSPS) is 24.8. The summed E-state index contributed by atoms with van der Waals surface area (Å²) < 4.78 is 23.3. The zero-order valence-corrected chi connectivity index (χ0v) is 11.1. The van der Waals surface area contributed by atoms with Gasteiger partial charge >= 0.3 is 0 Å². The fraction of sp³-hybridized carbons (Fsp3) is 0.545. The molecule has 0 saturated heterocycles. The van der Waals surface area contributed by atoms with Gasteiger partial charge in [0.1, 0.15) is 0 Å². The summed E-state index contributed by atoms with van der Waals surface area (Å²) in [6, 6.07) is 3.53. The maximum atomic E-state index is 11.6. The van der Waals surface area contributed by atoms with Crippen LogP contribution in [0.5, 0.6) is 0 Å². The van der Waals surface area contributed by atoms with E-state index in [1.807, 2.05) is 6.07 Å². The molecule has 17 heavy (non-hydrogen) atoms. The van der Waals surface area contributed by atoms with E-state index in [0.29, 0.717) is 17.3 Å². The van der Waals surface area contributed by atoms with Crippen LogP contribution in [-0.2, 0) is 9.84 Å². The Bertz CT molecular complexity index is 504. The second-order valence-corrected chi connectivity index (χ2v) is 7.01. The summed E-state index contributed by atoms with van der Waals surface area (Å²) in [5, 5.41) is 3.25. The first-order valence-electron chi connectivity index (χ1n) is 5.54. The molecule has 0 spiro atoms. The lowest BCUT2D eigenvalue weighted by atomic mass is 10.2. The van der Waals surface area contributed by atoms with Crippen LogP contribution >= 0.6 is 11.6 Å². The summed E-state index contributed by atoms with van der Waals surface area (Å²) in [4.78, 5) is 3.96. The molecule has 0 aromatic carbocycles. The van der Waals surface area contributed by atoms with Gasteiger partial charge in [-0.05, 0) is 31.4 Å². The van der Waals surface area contributed by atoms with E-state index >= 15 is 0 Å². The average molecular weight is 275 g/mol. The number of hydrogen-bond donors (Lipinski definition) is 1. The Balaban J connectivity index is 2.17. The van der Waals surface area contributed by atoms with Gasteiger partial charge in [0.05, 0.1) is 10.9 Å². The predicted molar refractivity (Wildman–Crippen MR) is 69.1 cm³/mol. The molecule has 1 aromatic heterocycles. The Morgan fingerprint density at radius 1 is 1.47 bits per heavy atom. The smallest absolute Gasteiger partial charge is 0.152 e. The van der Waals surface area contributed by atoms with Gasteiger partial charge < -0.3 is 5.32 Å². The lowest BCUT2D eigenvalue weighted by Crippen LogP contribution is -2.34. The van der Waals surface area contributed by atoms with Gasteiger partial charge in [-0.1, -0.05) is 11.6 Å². The predicted octanol–water partition coefficient (Wildman–Crippen LogP) is 2.11. The lowest BCUT2D eigenvalue weighted by Gasteiger charge is -2.20. The van der Waals surface area contributed by atoms with Crippen LogP contribution < -0.4 is 5.32 Å². The summed E-state index contributed by atoms with van der Waals surface area (Å²) >= 11 is 5.94. The fourth-order valence-corrected chi connectivity index (χ4v) is 3.87. The van der Waals surface area contributed by atoms with Crippen LogP contribution in [0, 0.1) is 0 Å². The lowest BCUT2D eigenvalue weighted by molar-refractivity contribution is 0.579. The minimum atomic E-state index is -3.01. The van der Waals surface area contributed by atoms with E-state index < -0.39 is 9.84 Å². The van der Waals surface area contributed by atoms with E-state index in [9.17, 15) is 8.42 Å². The second-order valence-electron chi connectivity index (χ2n) is 4.39. The van der Waals surface area contributed by atoms with Crippen molar-refractivity contribution in [2.24, 2.45) is 0 Å². The van der Waals surface area contributed by atoms with Gasteiger partial charge in [-0.25, -0.2) is 13.4 Å². The zero-order valence-electron chi connectivity index (χ0n) is 9.56. The molecular formula is C11H15ClN2O2S. The summed E-state index contributed by atoms with van der Waals surface area (Å²) in [7, 11) is -3.01. The Morgan fingerprint density at radius 3 is 2.88 bits per heavy atom. The molecule has 0 aliphatic heterocycles. The molecule has 2 atom stereocenters. The third kappa shape index (κ3) is 2.90. The molecule has 4 nitrogen and oxygen atoms in total. The van der Waals surface area contributed by atoms with Crippen molar-refractivity contribution in [3.8, 4) is 0 Å². The van der Waals surface area contributed by atoms with Crippen molar-refractivity contribution < 1.29 is 8.42 Å². The van der Waals surface area contributed by atoms with Crippen molar-refractivity contribution in [1.82, 2.24) is 4.98 Å². The maximum absolute atomic E-state index is 11.6. The van der Waals surface area contributed by atoms with Gasteiger partial charge in [-0.2, -0.15) is 0 Å². The van der Waals surface area contributed by atoms with E-state index in [1.165, 1.54) is 6.26 Å². The fourth-order valence-electron chi connectivity index (χ4n) is 2.30. The Kier molecular flexibility index (Phi) is 3.58. The Morgan fingerprint density at radius 2 is 2.24 bits per heavy atom. The van der Waals surface area contributed by atoms with Crippen molar-refractivity contribution in [2.75, 3.05) is 11.6 Å². The quantitative estimate of drug-likeness (QED) is 0.858. The molecule has 0 radical (unpaired) electrons. The highest BCUT2D eigenvalue weighted by molar-refractivity contribution is 7.91. The molecule has 2 unspecified atom stereocenters. The molecule has 6 heteroatoms. The van der Waals surface area contributed by atoms with Crippen LogP contribution in [0.1, 0.15) is 19.3 Å². The largest absolute Gasteiger partial charge is 0.379 e. The Labute approximate surface area is 106 Å². The first-order valence-corrected chi connectivity index (χ1v) is 7.87. The number of rotatable bonds is 3. The molecular weight excluding hydrogens is 260 g/mol. The molecule has 2 rings (SSSR count). The molecule has 1 heterocycles. The molecule has 0 amide bonds. The standard InChI is InChI=1S/C11H15ClN2O2S/c1-17(15,16)10-6-2-4-8(10)14-9-5-3-7-13-11(9)12/h3,5,7-8,10,14H,2,4,6H2,1H3. The summed E-state index contributed by atoms with van der Waals surface area (Å²) in [6.07, 6.45) is 5.39. The maximum Gasteiger partial charge on any atom is 0.152 e. The molecule has 1 aromatic rings. The number of aromatic nitrogens is 1. The SMILES string of the molecule is CS(=O)(=O)C1CCCC1Nc1cccnc1Cl. The van der Waals surface area contributed by atoms with E-state index in [4.69, 9.17) is 11.6 Å². The van der Waals surface area contributed by atoms with E-state index in [0.717, 1.165) is 12.8 Å². The molecule has 0 bridgehead atoms. The van der Waals surface area contributed by atoms with Crippen molar-refractivity contribution in [3.63, 3.8) is 0 Å². The van der Waals surface area contributed by atoms with Crippen molar-refractivity contribution in [1.29, 1.82) is 0 Å². The third-order valence-electron chi connectivity index (χ3n) is 3.10. The van der Waals surface area contributed by atoms with E-state index in [1.54, 1.807) is 12.3 Å². The van der Waals surface area contributed by atoms with Crippen LogP contribution in [0.25, 0.3) is 0 Å². The van der Waals surface area contributed by atoms with Gasteiger partial charge in [0.15, 0.2) is 15.0 Å². The average Bonchev–Trinajstić information content (AvgIpc) is 2.69. The monoisotopic (exact) mass is 274 g/mol. The van der Waals surface area contributed by atoms with Crippen molar-refractivity contribution in [2.45, 2.75) is 30.6 Å². The number of pyridine rings is 1. The number of hydrogen-bond acceptors (Lipinski definition) is 4. The topological polar surface area (TPSA) is 59.1 Å². The number of halogens is 1. The van der Waals surface area contributed by atoms with Crippen LogP contribution in [-0.4, -0.2) is 30.9 Å². The first kappa shape index (κ1) is 12.6. The van der Waals surface area contributed by atoms with Crippen molar-refractivity contribution >= 4 is 27.1 Å². The van der Waals surface area contributed by atoms with Gasteiger partial charge in [-0.3, -0.25) is 0 Å². The summed E-state index contributed by atoms with van der Waals surface area (Å²) in [5.41, 5.74) is 0.703. The number of nitrogens with zero attached hydrogens (tertiary/aromatic N) is 1. The van der Waals surface area contributed by atoms with Gasteiger partial charge in [0, 0.05) is 18.5 Å². The van der Waals surface area contributed by atoms with Gasteiger partial charge in [-0.15, -0.1) is 0 Å². The highest BCUT2D eigenvalue weighted by atomic mass is 35.5. The van der Waals surface area contributed by atoms with Crippen LogP contribution in [0.4, 0.5) is 5.69 Å². The number of anilines is 1. The first-order chi connectivity index (χ1) is 7.98. The number of nitrogens with one attached hydrogen (secondary N) is 1. The summed E-state index contributed by atoms with van der Waals surface area (Å²) in [6.45, 7) is 0. The van der Waals surface area contributed by atoms with Crippen LogP contribution in [0.2, 0.25) is 5.15 Å². The molecule has 94 valence electrons. The van der Waals surface area contributed by atoms with Crippen molar-refractivity contribution in [3.05, 3.63) is 23.5 Å². The van der Waals surface area contributed by atoms with E-state index in [2.05, 4.69) is 10.3 Å². The Hall–Kier alpha value is -0.810. The molecule has 1 aliphatic carbocycles. The highest BCUT2D eigenvalue weighted by Gasteiger charge is 2.34. The molecule has 1 N–H and O–H groups in total. The van der Waals surface area contributed by atoms with E-state index in [-0.39, 0.29) is 11.3 Å². The van der Waals surface area contributed by atoms with Crippen LogP contribution in [0.3, 0.4) is 0 Å². The minimum Gasteiger partial charge on any atom is -0.379 e. The zero-order chi connectivity index (χ0) is 12.5. The van der Waals surface area contributed by atoms with Gasteiger partial charge in [0.25, 0.3) is 0 Å². The molecule has 1 fully saturated rings. The summed E-state index contributed by atoms with van der Waals surface area (Å²) in [5.74, 6) is 0.